The van der Waals surface area contributed by atoms with Gasteiger partial charge in [-0.2, -0.15) is 0 Å². The first-order chi connectivity index (χ1) is 10.5. The molecule has 0 saturated heterocycles. The minimum Gasteiger partial charge on any atom is -0.491 e. The van der Waals surface area contributed by atoms with Gasteiger partial charge >= 0.3 is 0 Å². The van der Waals surface area contributed by atoms with Gasteiger partial charge in [0.1, 0.15) is 0 Å². The van der Waals surface area contributed by atoms with Crippen LogP contribution in [0.15, 0.2) is 36.4 Å². The maximum atomic E-state index is 13.6. The van der Waals surface area contributed by atoms with Crippen LogP contribution in [0.2, 0.25) is 0 Å². The van der Waals surface area contributed by atoms with Crippen LogP contribution in [0.25, 0.3) is 0 Å². The van der Waals surface area contributed by atoms with Crippen molar-refractivity contribution >= 4 is 11.6 Å². The molecule has 6 heteroatoms. The molecule has 0 radical (unpaired) electrons. The highest BCUT2D eigenvalue weighted by molar-refractivity contribution is 6.04. The third-order valence-corrected chi connectivity index (χ3v) is 2.96. The number of carbonyl (C=O) groups excluding carboxylic acids is 1. The average Bonchev–Trinajstić information content (AvgIpc) is 2.47. The number of anilines is 1. The number of ether oxygens (including phenoxy) is 2. The lowest BCUT2D eigenvalue weighted by Crippen LogP contribution is -2.13. The van der Waals surface area contributed by atoms with Crippen LogP contribution in [0.5, 0.6) is 5.75 Å². The Hall–Kier alpha value is -2.47. The van der Waals surface area contributed by atoms with Gasteiger partial charge in [0, 0.05) is 30.5 Å². The third kappa shape index (κ3) is 3.59. The molecule has 0 bridgehead atoms. The van der Waals surface area contributed by atoms with Crippen molar-refractivity contribution in [3.8, 4) is 5.75 Å². The molecule has 0 unspecified atom stereocenters. The van der Waals surface area contributed by atoms with Crippen LogP contribution < -0.4 is 10.1 Å². The van der Waals surface area contributed by atoms with Crippen molar-refractivity contribution < 1.29 is 23.0 Å². The Bertz CT molecular complexity index is 666. The van der Waals surface area contributed by atoms with Gasteiger partial charge in [0.05, 0.1) is 13.7 Å². The highest BCUT2D eigenvalue weighted by atomic mass is 19.1. The number of hydrogen-bond donors (Lipinski definition) is 1. The zero-order valence-electron chi connectivity index (χ0n) is 12.2. The summed E-state index contributed by atoms with van der Waals surface area (Å²) in [7, 11) is 2.72. The van der Waals surface area contributed by atoms with Crippen molar-refractivity contribution in [1.82, 2.24) is 0 Å². The average molecular weight is 307 g/mol. The van der Waals surface area contributed by atoms with E-state index in [9.17, 15) is 13.6 Å². The molecule has 2 aromatic rings. The molecule has 0 saturated carbocycles. The number of nitrogens with one attached hydrogen (secondary N) is 1. The molecular weight excluding hydrogens is 292 g/mol. The zero-order valence-corrected chi connectivity index (χ0v) is 12.2. The lowest BCUT2D eigenvalue weighted by molar-refractivity contribution is 0.102. The normalized spacial score (nSPS) is 10.4. The SMILES string of the molecule is COCc1cccc(C(=O)Nc2cc(F)c(OC)c(F)c2)c1. The fraction of sp³-hybridized carbons (Fsp3) is 0.188. The standard InChI is InChI=1S/C16H15F2NO3/c1-21-9-10-4-3-5-11(6-10)16(20)19-12-7-13(17)15(22-2)14(18)8-12/h3-8H,9H2,1-2H3,(H,19,20). The number of methoxy groups -OCH3 is 2. The smallest absolute Gasteiger partial charge is 0.255 e. The van der Waals surface area contributed by atoms with E-state index in [1.807, 2.05) is 6.07 Å². The van der Waals surface area contributed by atoms with Crippen molar-refractivity contribution in [3.05, 3.63) is 59.2 Å². The molecule has 0 aromatic heterocycles. The van der Waals surface area contributed by atoms with Crippen molar-refractivity contribution in [2.75, 3.05) is 19.5 Å². The van der Waals surface area contributed by atoms with Crippen LogP contribution in [0.1, 0.15) is 15.9 Å². The number of halogens is 2. The summed E-state index contributed by atoms with van der Waals surface area (Å²) in [6, 6.07) is 8.77. The van der Waals surface area contributed by atoms with Gasteiger partial charge < -0.3 is 14.8 Å². The van der Waals surface area contributed by atoms with Crippen LogP contribution in [0.3, 0.4) is 0 Å². The van der Waals surface area contributed by atoms with Gasteiger partial charge in [0.15, 0.2) is 17.4 Å². The van der Waals surface area contributed by atoms with Gasteiger partial charge in [0.25, 0.3) is 5.91 Å². The van der Waals surface area contributed by atoms with Gasteiger partial charge in [0.2, 0.25) is 0 Å². The Morgan fingerprint density at radius 2 is 1.82 bits per heavy atom. The lowest BCUT2D eigenvalue weighted by atomic mass is 10.1. The zero-order chi connectivity index (χ0) is 16.1. The van der Waals surface area contributed by atoms with Crippen molar-refractivity contribution in [1.29, 1.82) is 0 Å². The summed E-state index contributed by atoms with van der Waals surface area (Å²) in [6.45, 7) is 0.368. The molecule has 0 aliphatic carbocycles. The highest BCUT2D eigenvalue weighted by Gasteiger charge is 2.14. The second-order valence-corrected chi connectivity index (χ2v) is 4.56. The van der Waals surface area contributed by atoms with E-state index in [2.05, 4.69) is 10.1 Å². The molecular formula is C16H15F2NO3. The molecule has 2 aromatic carbocycles. The van der Waals surface area contributed by atoms with Crippen LogP contribution >= 0.6 is 0 Å². The molecule has 116 valence electrons. The molecule has 1 amide bonds. The molecule has 0 spiro atoms. The van der Waals surface area contributed by atoms with Gasteiger partial charge in [-0.25, -0.2) is 8.78 Å². The van der Waals surface area contributed by atoms with Crippen LogP contribution in [-0.4, -0.2) is 20.1 Å². The molecule has 0 aliphatic heterocycles. The van der Waals surface area contributed by atoms with Crippen LogP contribution in [0.4, 0.5) is 14.5 Å². The monoisotopic (exact) mass is 307 g/mol. The maximum Gasteiger partial charge on any atom is 0.255 e. The molecule has 0 heterocycles. The molecule has 2 rings (SSSR count). The van der Waals surface area contributed by atoms with E-state index in [1.54, 1.807) is 25.3 Å². The number of hydrogen-bond acceptors (Lipinski definition) is 3. The summed E-state index contributed by atoms with van der Waals surface area (Å²) in [6.07, 6.45) is 0. The van der Waals surface area contributed by atoms with Crippen molar-refractivity contribution in [3.63, 3.8) is 0 Å². The number of carbonyl (C=O) groups is 1. The second-order valence-electron chi connectivity index (χ2n) is 4.56. The van der Waals surface area contributed by atoms with E-state index in [0.717, 1.165) is 17.7 Å². The Morgan fingerprint density at radius 3 is 2.41 bits per heavy atom. The van der Waals surface area contributed by atoms with E-state index < -0.39 is 23.3 Å². The fourth-order valence-electron chi connectivity index (χ4n) is 2.00. The number of amides is 1. The van der Waals surface area contributed by atoms with Gasteiger partial charge in [-0.3, -0.25) is 4.79 Å². The Morgan fingerprint density at radius 1 is 1.14 bits per heavy atom. The van der Waals surface area contributed by atoms with E-state index in [1.165, 1.54) is 7.11 Å². The molecule has 22 heavy (non-hydrogen) atoms. The van der Waals surface area contributed by atoms with Crippen LogP contribution in [0, 0.1) is 11.6 Å². The fourth-order valence-corrected chi connectivity index (χ4v) is 2.00. The summed E-state index contributed by atoms with van der Waals surface area (Å²) in [5, 5.41) is 2.45. The maximum absolute atomic E-state index is 13.6. The molecule has 0 atom stereocenters. The number of rotatable bonds is 5. The topological polar surface area (TPSA) is 47.6 Å². The highest BCUT2D eigenvalue weighted by Crippen LogP contribution is 2.25. The minimum atomic E-state index is -0.883. The molecule has 0 aliphatic rings. The second kappa shape index (κ2) is 7.00. The van der Waals surface area contributed by atoms with Gasteiger partial charge in [-0.15, -0.1) is 0 Å². The quantitative estimate of drug-likeness (QED) is 0.921. The van der Waals surface area contributed by atoms with E-state index >= 15 is 0 Å². The Balaban J connectivity index is 2.20. The van der Waals surface area contributed by atoms with Gasteiger partial charge in [-0.1, -0.05) is 12.1 Å². The first-order valence-electron chi connectivity index (χ1n) is 6.47. The predicted molar refractivity (Wildman–Crippen MR) is 78.0 cm³/mol. The summed E-state index contributed by atoms with van der Waals surface area (Å²) in [5.74, 6) is -2.72. The lowest BCUT2D eigenvalue weighted by Gasteiger charge is -2.09. The van der Waals surface area contributed by atoms with Crippen LogP contribution in [-0.2, 0) is 11.3 Å². The molecule has 0 fully saturated rings. The van der Waals surface area contributed by atoms with Gasteiger partial charge in [-0.05, 0) is 17.7 Å². The largest absolute Gasteiger partial charge is 0.491 e. The Kier molecular flexibility index (Phi) is 5.06. The first-order valence-corrected chi connectivity index (χ1v) is 6.47. The first kappa shape index (κ1) is 15.9. The summed E-state index contributed by atoms with van der Waals surface area (Å²) >= 11 is 0. The third-order valence-electron chi connectivity index (χ3n) is 2.96. The summed E-state index contributed by atoms with van der Waals surface area (Å²) in [5.41, 5.74) is 1.20. The molecule has 4 nitrogen and oxygen atoms in total. The summed E-state index contributed by atoms with van der Waals surface area (Å²) in [4.78, 5) is 12.1. The van der Waals surface area contributed by atoms with E-state index in [-0.39, 0.29) is 5.69 Å². The number of benzene rings is 2. The molecule has 1 N–H and O–H groups in total. The van der Waals surface area contributed by atoms with E-state index in [4.69, 9.17) is 4.74 Å². The minimum absolute atomic E-state index is 0.0120. The van der Waals surface area contributed by atoms with Crippen molar-refractivity contribution in [2.45, 2.75) is 6.61 Å². The van der Waals surface area contributed by atoms with Crippen molar-refractivity contribution in [2.24, 2.45) is 0 Å². The summed E-state index contributed by atoms with van der Waals surface area (Å²) < 4.78 is 36.8. The predicted octanol–water partition coefficient (Wildman–Crippen LogP) is 3.37. The van der Waals surface area contributed by atoms with E-state index in [0.29, 0.717) is 12.2 Å². The Labute approximate surface area is 126 Å².